The van der Waals surface area contributed by atoms with Gasteiger partial charge in [0.05, 0.1) is 26.9 Å². The molecule has 1 aromatic carbocycles. The van der Waals surface area contributed by atoms with E-state index in [1.807, 2.05) is 0 Å². The Labute approximate surface area is 128 Å². The molecule has 2 aromatic rings. The first kappa shape index (κ1) is 14.8. The summed E-state index contributed by atoms with van der Waals surface area (Å²) in [6, 6.07) is 2.78. The van der Waals surface area contributed by atoms with Crippen molar-refractivity contribution in [2.45, 2.75) is 6.92 Å². The fourth-order valence-electron chi connectivity index (χ4n) is 1.52. The van der Waals surface area contributed by atoms with Crippen LogP contribution >= 0.6 is 34.5 Å². The summed E-state index contributed by atoms with van der Waals surface area (Å²) in [6.07, 6.45) is 1.41. The highest BCUT2D eigenvalue weighted by atomic mass is 35.5. The van der Waals surface area contributed by atoms with Crippen LogP contribution in [0.2, 0.25) is 10.0 Å². The SMILES string of the molecule is Cc1ncc(C(=O)Nc2c(Cl)ccc(Cl)c2C(=O)O)s1. The van der Waals surface area contributed by atoms with Crippen molar-refractivity contribution in [3.63, 3.8) is 0 Å². The number of aromatic nitrogens is 1. The highest BCUT2D eigenvalue weighted by molar-refractivity contribution is 7.13. The molecule has 5 nitrogen and oxygen atoms in total. The van der Waals surface area contributed by atoms with Crippen molar-refractivity contribution in [2.24, 2.45) is 0 Å². The maximum atomic E-state index is 12.0. The number of hydrogen-bond acceptors (Lipinski definition) is 4. The van der Waals surface area contributed by atoms with Crippen LogP contribution in [0, 0.1) is 6.92 Å². The minimum Gasteiger partial charge on any atom is -0.478 e. The topological polar surface area (TPSA) is 79.3 Å². The molecule has 0 aliphatic carbocycles. The van der Waals surface area contributed by atoms with Gasteiger partial charge < -0.3 is 10.4 Å². The molecule has 1 heterocycles. The molecular weight excluding hydrogens is 323 g/mol. The van der Waals surface area contributed by atoms with E-state index in [0.29, 0.717) is 4.88 Å². The van der Waals surface area contributed by atoms with Crippen LogP contribution in [0.4, 0.5) is 5.69 Å². The van der Waals surface area contributed by atoms with Gasteiger partial charge in [-0.3, -0.25) is 4.79 Å². The Morgan fingerprint density at radius 2 is 1.95 bits per heavy atom. The highest BCUT2D eigenvalue weighted by Crippen LogP contribution is 2.32. The minimum absolute atomic E-state index is 0.00214. The van der Waals surface area contributed by atoms with Crippen LogP contribution < -0.4 is 5.32 Å². The number of nitrogens with one attached hydrogen (secondary N) is 1. The van der Waals surface area contributed by atoms with Gasteiger partial charge in [0.25, 0.3) is 5.91 Å². The van der Waals surface area contributed by atoms with Crippen molar-refractivity contribution >= 4 is 52.1 Å². The lowest BCUT2D eigenvalue weighted by atomic mass is 10.1. The highest BCUT2D eigenvalue weighted by Gasteiger charge is 2.20. The van der Waals surface area contributed by atoms with Crippen LogP contribution in [0.1, 0.15) is 25.0 Å². The molecule has 2 rings (SSSR count). The second kappa shape index (κ2) is 5.78. The molecule has 0 saturated carbocycles. The molecule has 1 aromatic heterocycles. The van der Waals surface area contributed by atoms with E-state index in [1.54, 1.807) is 6.92 Å². The van der Waals surface area contributed by atoms with Gasteiger partial charge in [-0.05, 0) is 19.1 Å². The number of aromatic carboxylic acids is 1. The zero-order valence-electron chi connectivity index (χ0n) is 10.1. The Morgan fingerprint density at radius 3 is 2.50 bits per heavy atom. The van der Waals surface area contributed by atoms with Crippen LogP contribution in [-0.4, -0.2) is 22.0 Å². The molecule has 0 unspecified atom stereocenters. The summed E-state index contributed by atoms with van der Waals surface area (Å²) < 4.78 is 0. The van der Waals surface area contributed by atoms with Gasteiger partial charge in [-0.25, -0.2) is 9.78 Å². The standard InChI is InChI=1S/C12H8Cl2N2O3S/c1-5-15-4-8(20-5)11(17)16-10-7(14)3-2-6(13)9(10)12(18)19/h2-4H,1H3,(H,16,17)(H,18,19). The number of anilines is 1. The Bertz CT molecular complexity index is 700. The van der Waals surface area contributed by atoms with E-state index in [2.05, 4.69) is 10.3 Å². The summed E-state index contributed by atoms with van der Waals surface area (Å²) in [5.41, 5.74) is -0.267. The molecule has 0 bridgehead atoms. The number of carboxylic acid groups (broad SMARTS) is 1. The van der Waals surface area contributed by atoms with Crippen LogP contribution in [0.3, 0.4) is 0 Å². The first-order chi connectivity index (χ1) is 9.40. The van der Waals surface area contributed by atoms with Crippen LogP contribution in [0.15, 0.2) is 18.3 Å². The molecule has 104 valence electrons. The normalized spacial score (nSPS) is 10.3. The maximum Gasteiger partial charge on any atom is 0.339 e. The quantitative estimate of drug-likeness (QED) is 0.899. The summed E-state index contributed by atoms with van der Waals surface area (Å²) in [5.74, 6) is -1.75. The predicted octanol–water partition coefficient (Wildman–Crippen LogP) is 3.71. The Balaban J connectivity index is 2.41. The van der Waals surface area contributed by atoms with Crippen molar-refractivity contribution < 1.29 is 14.7 Å². The third-order valence-corrected chi connectivity index (χ3v) is 3.94. The van der Waals surface area contributed by atoms with Gasteiger partial charge >= 0.3 is 5.97 Å². The second-order valence-corrected chi connectivity index (χ2v) is 5.83. The molecule has 0 aliphatic heterocycles. The third-order valence-electron chi connectivity index (χ3n) is 2.40. The number of hydrogen-bond donors (Lipinski definition) is 2. The van der Waals surface area contributed by atoms with Gasteiger partial charge in [0.15, 0.2) is 0 Å². The van der Waals surface area contributed by atoms with E-state index < -0.39 is 11.9 Å². The van der Waals surface area contributed by atoms with E-state index in [9.17, 15) is 9.59 Å². The number of benzene rings is 1. The van der Waals surface area contributed by atoms with Crippen molar-refractivity contribution in [1.82, 2.24) is 4.98 Å². The maximum absolute atomic E-state index is 12.0. The molecule has 1 amide bonds. The first-order valence-electron chi connectivity index (χ1n) is 5.35. The van der Waals surface area contributed by atoms with Crippen LogP contribution in [0.5, 0.6) is 0 Å². The number of amides is 1. The number of halogens is 2. The van der Waals surface area contributed by atoms with Gasteiger partial charge in [0.1, 0.15) is 10.4 Å². The van der Waals surface area contributed by atoms with Gasteiger partial charge in [-0.2, -0.15) is 0 Å². The smallest absolute Gasteiger partial charge is 0.339 e. The number of aryl methyl sites for hydroxylation is 1. The predicted molar refractivity (Wildman–Crippen MR) is 78.2 cm³/mol. The molecule has 0 saturated heterocycles. The third kappa shape index (κ3) is 2.92. The van der Waals surface area contributed by atoms with Crippen molar-refractivity contribution in [2.75, 3.05) is 5.32 Å². The van der Waals surface area contributed by atoms with Crippen LogP contribution in [-0.2, 0) is 0 Å². The average Bonchev–Trinajstić information content (AvgIpc) is 2.80. The molecule has 0 radical (unpaired) electrons. The molecule has 8 heteroatoms. The number of carboxylic acids is 1. The summed E-state index contributed by atoms with van der Waals surface area (Å²) in [5, 5.41) is 12.4. The fraction of sp³-hybridized carbons (Fsp3) is 0.0833. The second-order valence-electron chi connectivity index (χ2n) is 3.78. The van der Waals surface area contributed by atoms with Crippen molar-refractivity contribution in [3.8, 4) is 0 Å². The summed E-state index contributed by atoms with van der Waals surface area (Å²) in [6.45, 7) is 1.76. The molecule has 2 N–H and O–H groups in total. The molecule has 0 fully saturated rings. The van der Waals surface area contributed by atoms with E-state index in [-0.39, 0.29) is 21.3 Å². The summed E-state index contributed by atoms with van der Waals surface area (Å²) in [7, 11) is 0. The number of carbonyl (C=O) groups excluding carboxylic acids is 1. The average molecular weight is 331 g/mol. The number of rotatable bonds is 3. The lowest BCUT2D eigenvalue weighted by molar-refractivity contribution is 0.0698. The monoisotopic (exact) mass is 330 g/mol. The molecular formula is C12H8Cl2N2O3S. The van der Waals surface area contributed by atoms with Gasteiger partial charge in [0, 0.05) is 0 Å². The van der Waals surface area contributed by atoms with Gasteiger partial charge in [0.2, 0.25) is 0 Å². The van der Waals surface area contributed by atoms with E-state index >= 15 is 0 Å². The summed E-state index contributed by atoms with van der Waals surface area (Å²) >= 11 is 13.0. The van der Waals surface area contributed by atoms with Crippen LogP contribution in [0.25, 0.3) is 0 Å². The molecule has 0 aliphatic rings. The Kier molecular flexibility index (Phi) is 4.27. The zero-order chi connectivity index (χ0) is 14.9. The van der Waals surface area contributed by atoms with E-state index in [0.717, 1.165) is 5.01 Å². The fourth-order valence-corrected chi connectivity index (χ4v) is 2.64. The lowest BCUT2D eigenvalue weighted by Crippen LogP contribution is -2.14. The van der Waals surface area contributed by atoms with Gasteiger partial charge in [-0.1, -0.05) is 23.2 Å². The van der Waals surface area contributed by atoms with E-state index in [1.165, 1.54) is 29.7 Å². The first-order valence-corrected chi connectivity index (χ1v) is 6.92. The Morgan fingerprint density at radius 1 is 1.30 bits per heavy atom. The molecule has 0 atom stereocenters. The minimum atomic E-state index is -1.27. The van der Waals surface area contributed by atoms with Crippen molar-refractivity contribution in [1.29, 1.82) is 0 Å². The summed E-state index contributed by atoms with van der Waals surface area (Å²) in [4.78, 5) is 27.6. The number of thiazole rings is 1. The largest absolute Gasteiger partial charge is 0.478 e. The lowest BCUT2D eigenvalue weighted by Gasteiger charge is -2.10. The van der Waals surface area contributed by atoms with Gasteiger partial charge in [-0.15, -0.1) is 11.3 Å². The number of carbonyl (C=O) groups is 2. The number of nitrogens with zero attached hydrogens (tertiary/aromatic N) is 1. The zero-order valence-corrected chi connectivity index (χ0v) is 12.4. The molecule has 20 heavy (non-hydrogen) atoms. The Hall–Kier alpha value is -1.63. The molecule has 0 spiro atoms. The van der Waals surface area contributed by atoms with Crippen molar-refractivity contribution in [3.05, 3.63) is 43.8 Å². The van der Waals surface area contributed by atoms with E-state index in [4.69, 9.17) is 28.3 Å².